The molecular weight excluding hydrogens is 486 g/mol. The van der Waals surface area contributed by atoms with Crippen LogP contribution < -0.4 is 11.1 Å². The molecule has 0 aromatic carbocycles. The molecule has 1 fully saturated rings. The Bertz CT molecular complexity index is 1070. The van der Waals surface area contributed by atoms with E-state index in [4.69, 9.17) is 15.2 Å². The fourth-order valence-electron chi connectivity index (χ4n) is 3.43. The summed E-state index contributed by atoms with van der Waals surface area (Å²) in [6.45, 7) is 1.41. The minimum Gasteiger partial charge on any atom is -0.382 e. The smallest absolute Gasteiger partial charge is 0.382 e. The predicted octanol–water partition coefficient (Wildman–Crippen LogP) is 3.12. The van der Waals surface area contributed by atoms with Crippen LogP contribution in [0, 0.1) is 0 Å². The summed E-state index contributed by atoms with van der Waals surface area (Å²) >= 11 is 0. The van der Waals surface area contributed by atoms with Gasteiger partial charge in [0.1, 0.15) is 0 Å². The molecule has 3 rings (SSSR count). The normalized spacial score (nSPS) is 21.5. The SMILES string of the molecule is COC[C@H](c1cnn2cc([C@@H](N)COC(C)(C)C(F)(F)F)nc2c1)N1C[C@@](C)(C(F)(F)F)NC1=O. The molecule has 0 bridgehead atoms. The van der Waals surface area contributed by atoms with Gasteiger partial charge in [-0.15, -0.1) is 0 Å². The number of amides is 2. The van der Waals surface area contributed by atoms with Crippen LogP contribution >= 0.6 is 0 Å². The van der Waals surface area contributed by atoms with E-state index in [1.54, 1.807) is 0 Å². The number of aromatic nitrogens is 3. The quantitative estimate of drug-likeness (QED) is 0.527. The van der Waals surface area contributed by atoms with E-state index in [0.29, 0.717) is 5.56 Å². The molecule has 15 heteroatoms. The molecule has 0 radical (unpaired) electrons. The van der Waals surface area contributed by atoms with Crippen molar-refractivity contribution in [2.24, 2.45) is 5.73 Å². The summed E-state index contributed by atoms with van der Waals surface area (Å²) in [5, 5.41) is 6.14. The van der Waals surface area contributed by atoms with E-state index < -0.39 is 54.8 Å². The molecule has 3 atom stereocenters. The monoisotopic (exact) mass is 512 g/mol. The van der Waals surface area contributed by atoms with Gasteiger partial charge in [0, 0.05) is 12.7 Å². The number of hydrogen-bond donors (Lipinski definition) is 2. The van der Waals surface area contributed by atoms with Crippen molar-refractivity contribution in [1.29, 1.82) is 0 Å². The van der Waals surface area contributed by atoms with Gasteiger partial charge in [-0.25, -0.2) is 14.3 Å². The number of alkyl halides is 6. The minimum absolute atomic E-state index is 0.118. The summed E-state index contributed by atoms with van der Waals surface area (Å²) in [7, 11) is 1.34. The zero-order chi connectivity index (χ0) is 26.4. The molecule has 1 aliphatic heterocycles. The molecule has 0 unspecified atom stereocenters. The van der Waals surface area contributed by atoms with Gasteiger partial charge in [-0.05, 0) is 26.8 Å². The highest BCUT2D eigenvalue weighted by Crippen LogP contribution is 2.37. The summed E-state index contributed by atoms with van der Waals surface area (Å²) in [4.78, 5) is 17.7. The number of halogens is 6. The van der Waals surface area contributed by atoms with Crippen LogP contribution in [0.3, 0.4) is 0 Å². The number of rotatable bonds is 8. The fraction of sp³-hybridized carbons (Fsp3) is 0.650. The molecule has 1 aliphatic rings. The molecule has 35 heavy (non-hydrogen) atoms. The maximum absolute atomic E-state index is 13.4. The van der Waals surface area contributed by atoms with Gasteiger partial charge in [0.2, 0.25) is 0 Å². The van der Waals surface area contributed by atoms with Crippen molar-refractivity contribution >= 4 is 11.7 Å². The molecule has 0 saturated carbocycles. The summed E-state index contributed by atoms with van der Waals surface area (Å²) in [6.07, 6.45) is -6.52. The summed E-state index contributed by atoms with van der Waals surface area (Å²) < 4.78 is 90.7. The van der Waals surface area contributed by atoms with Crippen LogP contribution in [0.4, 0.5) is 31.1 Å². The zero-order valence-corrected chi connectivity index (χ0v) is 19.4. The number of carbonyl (C=O) groups excluding carboxylic acids is 1. The maximum Gasteiger partial charge on any atom is 0.416 e. The largest absolute Gasteiger partial charge is 0.416 e. The van der Waals surface area contributed by atoms with Gasteiger partial charge in [-0.3, -0.25) is 0 Å². The van der Waals surface area contributed by atoms with Gasteiger partial charge in [0.05, 0.1) is 49.9 Å². The van der Waals surface area contributed by atoms with E-state index in [1.807, 2.05) is 5.32 Å². The molecule has 0 aliphatic carbocycles. The molecule has 196 valence electrons. The van der Waals surface area contributed by atoms with E-state index >= 15 is 0 Å². The van der Waals surface area contributed by atoms with Crippen LogP contribution in [-0.4, -0.2) is 75.9 Å². The predicted molar refractivity (Wildman–Crippen MR) is 110 cm³/mol. The number of nitrogens with two attached hydrogens (primary N) is 1. The number of methoxy groups -OCH3 is 1. The minimum atomic E-state index is -4.67. The summed E-state index contributed by atoms with van der Waals surface area (Å²) in [6, 6.07) is -1.34. The van der Waals surface area contributed by atoms with Gasteiger partial charge in [-0.2, -0.15) is 31.4 Å². The number of carbonyl (C=O) groups is 1. The molecule has 2 aromatic rings. The van der Waals surface area contributed by atoms with Crippen LogP contribution in [0.5, 0.6) is 0 Å². The van der Waals surface area contributed by atoms with Gasteiger partial charge in [0.15, 0.2) is 16.8 Å². The molecule has 3 N–H and O–H groups in total. The first-order valence-corrected chi connectivity index (χ1v) is 10.4. The van der Waals surface area contributed by atoms with Gasteiger partial charge >= 0.3 is 18.4 Å². The van der Waals surface area contributed by atoms with Crippen molar-refractivity contribution in [2.75, 3.05) is 26.9 Å². The van der Waals surface area contributed by atoms with E-state index in [0.717, 1.165) is 25.7 Å². The van der Waals surface area contributed by atoms with E-state index in [-0.39, 0.29) is 17.9 Å². The Morgan fingerprint density at radius 1 is 1.23 bits per heavy atom. The van der Waals surface area contributed by atoms with Crippen LogP contribution in [0.1, 0.15) is 44.1 Å². The van der Waals surface area contributed by atoms with Crippen molar-refractivity contribution in [3.05, 3.63) is 29.7 Å². The number of fused-ring (bicyclic) bond motifs is 1. The number of ether oxygens (including phenoxy) is 2. The van der Waals surface area contributed by atoms with Gasteiger partial charge < -0.3 is 25.4 Å². The first-order valence-electron chi connectivity index (χ1n) is 10.4. The maximum atomic E-state index is 13.4. The van der Waals surface area contributed by atoms with Crippen molar-refractivity contribution in [1.82, 2.24) is 24.8 Å². The van der Waals surface area contributed by atoms with Crippen LogP contribution in [0.25, 0.3) is 5.65 Å². The van der Waals surface area contributed by atoms with E-state index in [1.165, 1.54) is 30.1 Å². The average molecular weight is 512 g/mol. The first-order chi connectivity index (χ1) is 16.0. The Balaban J connectivity index is 1.84. The standard InChI is InChI=1S/C20H26F6N6O3/c1-17(2,19(21,22)23)35-8-12(27)13-7-32-15(29-13)5-11(6-28-32)14(9-34-4)31-10-18(3,20(24,25)26)30-16(31)33/h5-7,12,14H,8-10,27H2,1-4H3,(H,30,33)/t12-,14+,18-/m0/s1. The Labute approximate surface area is 196 Å². The molecule has 0 spiro atoms. The van der Waals surface area contributed by atoms with Gasteiger partial charge in [0.25, 0.3) is 0 Å². The first kappa shape index (κ1) is 26.9. The number of nitrogens with one attached hydrogen (secondary N) is 1. The van der Waals surface area contributed by atoms with Crippen molar-refractivity contribution in [3.8, 4) is 0 Å². The van der Waals surface area contributed by atoms with E-state index in [2.05, 4.69) is 10.1 Å². The molecule has 3 heterocycles. The lowest BCUT2D eigenvalue weighted by Crippen LogP contribution is -2.53. The highest BCUT2D eigenvalue weighted by Gasteiger charge is 2.58. The van der Waals surface area contributed by atoms with Gasteiger partial charge in [-0.1, -0.05) is 0 Å². The summed E-state index contributed by atoms with van der Waals surface area (Å²) in [5.74, 6) is 0. The second-order valence-electron chi connectivity index (χ2n) is 9.04. The molecule has 9 nitrogen and oxygen atoms in total. The Morgan fingerprint density at radius 2 is 1.89 bits per heavy atom. The lowest BCUT2D eigenvalue weighted by atomic mass is 10.0. The number of hydrogen-bond acceptors (Lipinski definition) is 6. The molecular formula is C20H26F6N6O3. The fourth-order valence-corrected chi connectivity index (χ4v) is 3.43. The van der Waals surface area contributed by atoms with Crippen molar-refractivity contribution in [3.63, 3.8) is 0 Å². The Hall–Kier alpha value is -2.65. The third kappa shape index (κ3) is 5.30. The topological polar surface area (TPSA) is 107 Å². The van der Waals surface area contributed by atoms with Crippen molar-refractivity contribution < 1.29 is 40.6 Å². The second kappa shape index (κ2) is 9.09. The lowest BCUT2D eigenvalue weighted by Gasteiger charge is -2.29. The average Bonchev–Trinajstić information content (AvgIpc) is 3.29. The number of imidazole rings is 1. The third-order valence-corrected chi connectivity index (χ3v) is 5.89. The zero-order valence-electron chi connectivity index (χ0n) is 19.4. The summed E-state index contributed by atoms with van der Waals surface area (Å²) in [5.41, 5.74) is 1.87. The molecule has 1 saturated heterocycles. The highest BCUT2D eigenvalue weighted by molar-refractivity contribution is 5.78. The lowest BCUT2D eigenvalue weighted by molar-refractivity contribution is -0.264. The van der Waals surface area contributed by atoms with Crippen LogP contribution in [-0.2, 0) is 9.47 Å². The van der Waals surface area contributed by atoms with E-state index in [9.17, 15) is 31.1 Å². The second-order valence-corrected chi connectivity index (χ2v) is 9.04. The molecule has 2 amide bonds. The Kier molecular flexibility index (Phi) is 7.00. The third-order valence-electron chi connectivity index (χ3n) is 5.89. The Morgan fingerprint density at radius 3 is 2.43 bits per heavy atom. The highest BCUT2D eigenvalue weighted by atomic mass is 19.4. The number of urea groups is 1. The number of nitrogens with zero attached hydrogens (tertiary/aromatic N) is 4. The van der Waals surface area contributed by atoms with Crippen LogP contribution in [0.15, 0.2) is 18.5 Å². The van der Waals surface area contributed by atoms with Crippen molar-refractivity contribution in [2.45, 2.75) is 56.3 Å². The molecule has 2 aromatic heterocycles. The van der Waals surface area contributed by atoms with Crippen LogP contribution in [0.2, 0.25) is 0 Å².